The predicted molar refractivity (Wildman–Crippen MR) is 119 cm³/mol. The van der Waals surface area contributed by atoms with Crippen molar-refractivity contribution in [1.82, 2.24) is 20.0 Å². The van der Waals surface area contributed by atoms with Gasteiger partial charge in [0.25, 0.3) is 0 Å². The number of aromatic nitrogens is 3. The summed E-state index contributed by atoms with van der Waals surface area (Å²) < 4.78 is 5.45. The van der Waals surface area contributed by atoms with Crippen LogP contribution in [-0.2, 0) is 11.2 Å². The van der Waals surface area contributed by atoms with Gasteiger partial charge in [-0.1, -0.05) is 41.6 Å². The van der Waals surface area contributed by atoms with E-state index in [4.69, 9.17) is 10.3 Å². The maximum Gasteiger partial charge on any atom is 0.239 e. The van der Waals surface area contributed by atoms with Gasteiger partial charge in [-0.2, -0.15) is 4.98 Å². The molecule has 0 spiro atoms. The van der Waals surface area contributed by atoms with Gasteiger partial charge in [-0.05, 0) is 37.0 Å². The molecule has 0 bridgehead atoms. The van der Waals surface area contributed by atoms with E-state index < -0.39 is 6.04 Å². The molecule has 1 aromatic carbocycles. The lowest BCUT2D eigenvalue weighted by atomic mass is 9.95. The number of nitrogens with two attached hydrogens (primary N) is 1. The Kier molecular flexibility index (Phi) is 8.77. The number of rotatable bonds is 5. The summed E-state index contributed by atoms with van der Waals surface area (Å²) in [6.45, 7) is 1.29. The SMILES string of the molecule is Cl.Cl.NC(Cc1ccccc1)C(=O)N1CCC(c2nc(-c3ccccn3)no2)CC1. The molecule has 0 radical (unpaired) electrons. The molecule has 1 saturated heterocycles. The van der Waals surface area contributed by atoms with Crippen molar-refractivity contribution in [3.63, 3.8) is 0 Å². The highest BCUT2D eigenvalue weighted by atomic mass is 35.5. The number of benzene rings is 1. The number of hydrogen-bond donors (Lipinski definition) is 1. The molecule has 1 amide bonds. The molecule has 4 rings (SSSR count). The van der Waals surface area contributed by atoms with Gasteiger partial charge < -0.3 is 15.2 Å². The molecule has 2 N–H and O–H groups in total. The molecular weight excluding hydrogens is 425 g/mol. The maximum absolute atomic E-state index is 12.7. The van der Waals surface area contributed by atoms with Gasteiger partial charge in [-0.3, -0.25) is 9.78 Å². The Labute approximate surface area is 187 Å². The summed E-state index contributed by atoms with van der Waals surface area (Å²) in [6, 6.07) is 14.9. The van der Waals surface area contributed by atoms with Gasteiger partial charge in [0.05, 0.1) is 6.04 Å². The normalized spacial score (nSPS) is 15.0. The van der Waals surface area contributed by atoms with E-state index in [0.29, 0.717) is 36.9 Å². The summed E-state index contributed by atoms with van der Waals surface area (Å²) >= 11 is 0. The van der Waals surface area contributed by atoms with Gasteiger partial charge in [-0.15, -0.1) is 24.8 Å². The van der Waals surface area contributed by atoms with Crippen LogP contribution in [0.4, 0.5) is 0 Å². The summed E-state index contributed by atoms with van der Waals surface area (Å²) in [5, 5.41) is 4.04. The van der Waals surface area contributed by atoms with E-state index in [-0.39, 0.29) is 36.6 Å². The highest BCUT2D eigenvalue weighted by molar-refractivity contribution is 5.85. The van der Waals surface area contributed by atoms with Crippen LogP contribution >= 0.6 is 24.8 Å². The number of amides is 1. The van der Waals surface area contributed by atoms with Crippen LogP contribution in [0.25, 0.3) is 11.5 Å². The van der Waals surface area contributed by atoms with Gasteiger partial charge >= 0.3 is 0 Å². The van der Waals surface area contributed by atoms with E-state index >= 15 is 0 Å². The van der Waals surface area contributed by atoms with Gasteiger partial charge in [0.1, 0.15) is 5.69 Å². The second-order valence-electron chi connectivity index (χ2n) is 7.07. The Balaban J connectivity index is 0.00000160. The fourth-order valence-corrected chi connectivity index (χ4v) is 3.54. The van der Waals surface area contributed by atoms with Crippen LogP contribution in [0.1, 0.15) is 30.2 Å². The minimum atomic E-state index is -0.516. The number of carbonyl (C=O) groups is 1. The van der Waals surface area contributed by atoms with Crippen molar-refractivity contribution in [2.45, 2.75) is 31.2 Å². The fourth-order valence-electron chi connectivity index (χ4n) is 3.54. The first-order valence-electron chi connectivity index (χ1n) is 9.54. The van der Waals surface area contributed by atoms with E-state index in [2.05, 4.69) is 15.1 Å². The Hall–Kier alpha value is -2.48. The minimum Gasteiger partial charge on any atom is -0.341 e. The standard InChI is InChI=1S/C21H23N5O2.2ClH/c22-17(14-15-6-2-1-3-7-15)21(27)26-12-9-16(10-13-26)20-24-19(25-28-20)18-8-4-5-11-23-18;;/h1-8,11,16-17H,9-10,12-14,22H2;2*1H. The van der Waals surface area contributed by atoms with Crippen molar-refractivity contribution in [3.05, 3.63) is 66.2 Å². The van der Waals surface area contributed by atoms with E-state index in [1.165, 1.54) is 0 Å². The minimum absolute atomic E-state index is 0. The maximum atomic E-state index is 12.7. The van der Waals surface area contributed by atoms with E-state index in [9.17, 15) is 4.79 Å². The third-order valence-corrected chi connectivity index (χ3v) is 5.11. The van der Waals surface area contributed by atoms with Crippen molar-refractivity contribution in [2.24, 2.45) is 5.73 Å². The average molecular weight is 450 g/mol. The molecular formula is C21H25Cl2N5O2. The molecule has 3 aromatic rings. The van der Waals surface area contributed by atoms with Crippen molar-refractivity contribution in [2.75, 3.05) is 13.1 Å². The average Bonchev–Trinajstić information content (AvgIpc) is 3.25. The smallest absolute Gasteiger partial charge is 0.239 e. The molecule has 1 atom stereocenters. The molecule has 160 valence electrons. The molecule has 0 saturated carbocycles. The highest BCUT2D eigenvalue weighted by Gasteiger charge is 2.29. The Morgan fingerprint density at radius 2 is 1.80 bits per heavy atom. The van der Waals surface area contributed by atoms with E-state index in [0.717, 1.165) is 18.4 Å². The molecule has 7 nitrogen and oxygen atoms in total. The first-order valence-corrected chi connectivity index (χ1v) is 9.54. The van der Waals surface area contributed by atoms with Crippen LogP contribution < -0.4 is 5.73 Å². The van der Waals surface area contributed by atoms with Gasteiger partial charge in [0.15, 0.2) is 0 Å². The fraction of sp³-hybridized carbons (Fsp3) is 0.333. The number of likely N-dealkylation sites (tertiary alicyclic amines) is 1. The highest BCUT2D eigenvalue weighted by Crippen LogP contribution is 2.28. The van der Waals surface area contributed by atoms with Gasteiger partial charge in [-0.25, -0.2) is 0 Å². The second kappa shape index (κ2) is 11.1. The van der Waals surface area contributed by atoms with Crippen molar-refractivity contribution in [3.8, 4) is 11.5 Å². The second-order valence-corrected chi connectivity index (χ2v) is 7.07. The lowest BCUT2D eigenvalue weighted by Gasteiger charge is -2.32. The number of piperidine rings is 1. The lowest BCUT2D eigenvalue weighted by Crippen LogP contribution is -2.47. The quantitative estimate of drug-likeness (QED) is 0.641. The van der Waals surface area contributed by atoms with Crippen molar-refractivity contribution >= 4 is 30.7 Å². The zero-order chi connectivity index (χ0) is 19.3. The lowest BCUT2D eigenvalue weighted by molar-refractivity contribution is -0.133. The number of pyridine rings is 1. The molecule has 30 heavy (non-hydrogen) atoms. The molecule has 2 aromatic heterocycles. The zero-order valence-electron chi connectivity index (χ0n) is 16.4. The van der Waals surface area contributed by atoms with Crippen LogP contribution in [-0.4, -0.2) is 45.1 Å². The number of carbonyl (C=O) groups excluding carboxylic acids is 1. The third kappa shape index (κ3) is 5.56. The first kappa shape index (κ1) is 23.8. The Bertz CT molecular complexity index is 915. The number of hydrogen-bond acceptors (Lipinski definition) is 6. The zero-order valence-corrected chi connectivity index (χ0v) is 18.0. The van der Waals surface area contributed by atoms with Crippen LogP contribution in [0.3, 0.4) is 0 Å². The molecule has 1 aliphatic heterocycles. The summed E-state index contributed by atoms with van der Waals surface area (Å²) in [6.07, 6.45) is 3.83. The van der Waals surface area contributed by atoms with E-state index in [1.54, 1.807) is 6.20 Å². The first-order chi connectivity index (χ1) is 13.7. The Morgan fingerprint density at radius 1 is 1.10 bits per heavy atom. The molecule has 1 unspecified atom stereocenters. The van der Waals surface area contributed by atoms with Crippen molar-refractivity contribution < 1.29 is 9.32 Å². The molecule has 0 aliphatic carbocycles. The molecule has 1 aliphatic rings. The van der Waals surface area contributed by atoms with Crippen LogP contribution in [0.5, 0.6) is 0 Å². The summed E-state index contributed by atoms with van der Waals surface area (Å²) in [5.74, 6) is 1.27. The number of nitrogens with zero attached hydrogens (tertiary/aromatic N) is 4. The predicted octanol–water partition coefficient (Wildman–Crippen LogP) is 3.25. The van der Waals surface area contributed by atoms with Crippen LogP contribution in [0, 0.1) is 0 Å². The summed E-state index contributed by atoms with van der Waals surface area (Å²) in [7, 11) is 0. The van der Waals surface area contributed by atoms with Crippen LogP contribution in [0.15, 0.2) is 59.3 Å². The van der Waals surface area contributed by atoms with Gasteiger partial charge in [0, 0.05) is 25.2 Å². The van der Waals surface area contributed by atoms with Crippen LogP contribution in [0.2, 0.25) is 0 Å². The Morgan fingerprint density at radius 3 is 2.47 bits per heavy atom. The largest absolute Gasteiger partial charge is 0.341 e. The summed E-state index contributed by atoms with van der Waals surface area (Å²) in [5.41, 5.74) is 7.92. The van der Waals surface area contributed by atoms with Crippen molar-refractivity contribution in [1.29, 1.82) is 0 Å². The molecule has 1 fully saturated rings. The van der Waals surface area contributed by atoms with Gasteiger partial charge in [0.2, 0.25) is 17.6 Å². The van der Waals surface area contributed by atoms with E-state index in [1.807, 2.05) is 53.4 Å². The molecule has 9 heteroatoms. The number of halogens is 2. The monoisotopic (exact) mass is 449 g/mol. The third-order valence-electron chi connectivity index (χ3n) is 5.11. The molecule has 3 heterocycles. The topological polar surface area (TPSA) is 98.1 Å². The summed E-state index contributed by atoms with van der Waals surface area (Å²) in [4.78, 5) is 23.3.